The van der Waals surface area contributed by atoms with Gasteiger partial charge in [0, 0.05) is 25.7 Å². The molecule has 2 aromatic carbocycles. The molecule has 3 aromatic rings. The molecule has 3 rings (SSSR count). The van der Waals surface area contributed by atoms with Gasteiger partial charge in [-0.05, 0) is 39.2 Å². The molecule has 0 aliphatic heterocycles. The van der Waals surface area contributed by atoms with E-state index in [2.05, 4.69) is 26.2 Å². The van der Waals surface area contributed by atoms with Gasteiger partial charge in [-0.3, -0.25) is 9.59 Å². The molecule has 0 unspecified atom stereocenters. The van der Waals surface area contributed by atoms with Crippen molar-refractivity contribution in [1.29, 1.82) is 0 Å². The molecule has 0 aliphatic carbocycles. The van der Waals surface area contributed by atoms with Gasteiger partial charge in [-0.25, -0.2) is 4.98 Å². The fraction of sp³-hybridized carbons (Fsp3) is 0.261. The van der Waals surface area contributed by atoms with Gasteiger partial charge in [0.1, 0.15) is 28.3 Å². The number of phenolic OH excluding ortho intramolecular Hbond substituents is 1. The first-order chi connectivity index (χ1) is 14.8. The van der Waals surface area contributed by atoms with Gasteiger partial charge < -0.3 is 19.7 Å². The molecule has 31 heavy (non-hydrogen) atoms. The number of aromatic hydroxyl groups is 1. The van der Waals surface area contributed by atoms with Crippen molar-refractivity contribution in [1.82, 2.24) is 14.9 Å². The Kier molecular flexibility index (Phi) is 7.12. The number of ether oxygens (including phenoxy) is 1. The predicted octanol–water partition coefficient (Wildman–Crippen LogP) is 4.24. The zero-order chi connectivity index (χ0) is 22.5. The Labute approximate surface area is 189 Å². The lowest BCUT2D eigenvalue weighted by atomic mass is 10.0. The SMILES string of the molecule is CC(C)C(=O)c1ccc(OCc2ccc(CNC(=O)c3cn(C)cn3)cc2)c(Br)c1O. The standard InChI is InChI=1S/C23H24BrN3O4/c1-14(2)21(28)17-8-9-19(20(24)22(17)29)31-12-16-6-4-15(5-7-16)10-25-23(30)18-11-27(3)13-26-18/h4-9,11,13-14,29H,10,12H2,1-3H3,(H,25,30). The van der Waals surface area contributed by atoms with Crippen molar-refractivity contribution in [3.05, 3.63) is 75.8 Å². The summed E-state index contributed by atoms with van der Waals surface area (Å²) >= 11 is 3.31. The molecule has 1 heterocycles. The molecule has 7 nitrogen and oxygen atoms in total. The van der Waals surface area contributed by atoms with Crippen LogP contribution < -0.4 is 10.1 Å². The van der Waals surface area contributed by atoms with Gasteiger partial charge in [-0.2, -0.15) is 0 Å². The number of rotatable bonds is 8. The minimum atomic E-state index is -0.225. The lowest BCUT2D eigenvalue weighted by molar-refractivity contribution is 0.0932. The summed E-state index contributed by atoms with van der Waals surface area (Å²) in [7, 11) is 1.81. The highest BCUT2D eigenvalue weighted by Gasteiger charge is 2.19. The van der Waals surface area contributed by atoms with Crippen LogP contribution in [0.25, 0.3) is 0 Å². The molecule has 0 radical (unpaired) electrons. The van der Waals surface area contributed by atoms with E-state index in [1.807, 2.05) is 31.3 Å². The van der Waals surface area contributed by atoms with Gasteiger partial charge in [-0.15, -0.1) is 0 Å². The van der Waals surface area contributed by atoms with Crippen LogP contribution in [-0.2, 0) is 20.2 Å². The summed E-state index contributed by atoms with van der Waals surface area (Å²) in [5, 5.41) is 13.2. The molecule has 0 saturated carbocycles. The smallest absolute Gasteiger partial charge is 0.271 e. The van der Waals surface area contributed by atoms with Crippen LogP contribution >= 0.6 is 15.9 Å². The highest BCUT2D eigenvalue weighted by atomic mass is 79.9. The van der Waals surface area contributed by atoms with E-state index in [1.54, 1.807) is 43.1 Å². The largest absolute Gasteiger partial charge is 0.506 e. The fourth-order valence-electron chi connectivity index (χ4n) is 2.88. The zero-order valence-electron chi connectivity index (χ0n) is 17.6. The molecule has 0 aliphatic rings. The molecule has 2 N–H and O–H groups in total. The average Bonchev–Trinajstić information content (AvgIpc) is 3.19. The van der Waals surface area contributed by atoms with Crippen molar-refractivity contribution < 1.29 is 19.4 Å². The topological polar surface area (TPSA) is 93.5 Å². The average molecular weight is 486 g/mol. The van der Waals surface area contributed by atoms with Crippen LogP contribution in [0.1, 0.15) is 45.8 Å². The zero-order valence-corrected chi connectivity index (χ0v) is 19.1. The lowest BCUT2D eigenvalue weighted by Crippen LogP contribution is -2.23. The summed E-state index contributed by atoms with van der Waals surface area (Å²) in [6, 6.07) is 10.9. The summed E-state index contributed by atoms with van der Waals surface area (Å²) in [4.78, 5) is 28.3. The number of carbonyl (C=O) groups is 2. The molecule has 162 valence electrons. The molecule has 0 fully saturated rings. The Morgan fingerprint density at radius 1 is 1.16 bits per heavy atom. The Morgan fingerprint density at radius 3 is 2.45 bits per heavy atom. The number of ketones is 1. The summed E-state index contributed by atoms with van der Waals surface area (Å²) < 4.78 is 7.87. The molecule has 0 atom stereocenters. The molecular weight excluding hydrogens is 462 g/mol. The van der Waals surface area contributed by atoms with E-state index >= 15 is 0 Å². The summed E-state index contributed by atoms with van der Waals surface area (Å²) in [6.07, 6.45) is 3.24. The number of amides is 1. The number of imidazole rings is 1. The summed E-state index contributed by atoms with van der Waals surface area (Å²) in [5.74, 6) is -0.232. The predicted molar refractivity (Wildman–Crippen MR) is 120 cm³/mol. The highest BCUT2D eigenvalue weighted by Crippen LogP contribution is 2.37. The van der Waals surface area contributed by atoms with Crippen LogP contribution in [-0.4, -0.2) is 26.3 Å². The number of Topliss-reactive ketones (excluding diaryl/α,β-unsaturated/α-hetero) is 1. The van der Waals surface area contributed by atoms with E-state index in [1.165, 1.54) is 0 Å². The number of carbonyl (C=O) groups excluding carboxylic acids is 2. The minimum absolute atomic E-state index is 0.116. The van der Waals surface area contributed by atoms with Crippen LogP contribution in [0, 0.1) is 5.92 Å². The van der Waals surface area contributed by atoms with Gasteiger partial charge >= 0.3 is 0 Å². The molecule has 0 saturated heterocycles. The molecule has 8 heteroatoms. The van der Waals surface area contributed by atoms with E-state index in [0.717, 1.165) is 11.1 Å². The number of aryl methyl sites for hydroxylation is 1. The first kappa shape index (κ1) is 22.6. The van der Waals surface area contributed by atoms with Gasteiger partial charge in [0.2, 0.25) is 0 Å². The van der Waals surface area contributed by atoms with Crippen LogP contribution in [0.3, 0.4) is 0 Å². The first-order valence-electron chi connectivity index (χ1n) is 9.78. The second kappa shape index (κ2) is 9.78. The van der Waals surface area contributed by atoms with Crippen molar-refractivity contribution in [3.8, 4) is 11.5 Å². The van der Waals surface area contributed by atoms with E-state index in [4.69, 9.17) is 4.74 Å². The number of nitrogens with one attached hydrogen (secondary N) is 1. The molecule has 0 bridgehead atoms. The second-order valence-corrected chi connectivity index (χ2v) is 8.30. The Hall–Kier alpha value is -3.13. The summed E-state index contributed by atoms with van der Waals surface area (Å²) in [6.45, 7) is 4.25. The third kappa shape index (κ3) is 5.52. The highest BCUT2D eigenvalue weighted by molar-refractivity contribution is 9.10. The van der Waals surface area contributed by atoms with Gasteiger partial charge in [0.25, 0.3) is 5.91 Å². The maximum Gasteiger partial charge on any atom is 0.271 e. The number of phenols is 1. The van der Waals surface area contributed by atoms with Crippen LogP contribution in [0.4, 0.5) is 0 Å². The Bertz CT molecular complexity index is 1090. The van der Waals surface area contributed by atoms with Crippen LogP contribution in [0.2, 0.25) is 0 Å². The number of hydrogen-bond donors (Lipinski definition) is 2. The minimum Gasteiger partial charge on any atom is -0.506 e. The number of benzene rings is 2. The fourth-order valence-corrected chi connectivity index (χ4v) is 3.34. The van der Waals surface area contributed by atoms with E-state index in [9.17, 15) is 14.7 Å². The molecule has 0 spiro atoms. The first-order valence-corrected chi connectivity index (χ1v) is 10.6. The van der Waals surface area contributed by atoms with Crippen molar-refractivity contribution in [2.24, 2.45) is 13.0 Å². The molecular formula is C23H24BrN3O4. The van der Waals surface area contributed by atoms with Crippen molar-refractivity contribution >= 4 is 27.6 Å². The maximum absolute atomic E-state index is 12.2. The third-order valence-corrected chi connectivity index (χ3v) is 5.44. The van der Waals surface area contributed by atoms with Crippen molar-refractivity contribution in [2.75, 3.05) is 0 Å². The van der Waals surface area contributed by atoms with E-state index < -0.39 is 0 Å². The monoisotopic (exact) mass is 485 g/mol. The van der Waals surface area contributed by atoms with Gasteiger partial charge in [0.05, 0.1) is 11.9 Å². The normalized spacial score (nSPS) is 10.9. The maximum atomic E-state index is 12.2. The Balaban J connectivity index is 1.57. The number of halogens is 1. The summed E-state index contributed by atoms with van der Waals surface area (Å²) in [5.41, 5.74) is 2.52. The molecule has 1 aromatic heterocycles. The van der Waals surface area contributed by atoms with Gasteiger partial charge in [0.15, 0.2) is 5.78 Å². The Morgan fingerprint density at radius 2 is 1.84 bits per heavy atom. The number of hydrogen-bond acceptors (Lipinski definition) is 5. The third-order valence-electron chi connectivity index (χ3n) is 4.68. The van der Waals surface area contributed by atoms with Crippen LogP contribution in [0.5, 0.6) is 11.5 Å². The van der Waals surface area contributed by atoms with Crippen molar-refractivity contribution in [3.63, 3.8) is 0 Å². The quantitative estimate of drug-likeness (QED) is 0.465. The lowest BCUT2D eigenvalue weighted by Gasteiger charge is -2.13. The van der Waals surface area contributed by atoms with Crippen molar-refractivity contribution in [2.45, 2.75) is 27.0 Å². The van der Waals surface area contributed by atoms with E-state index in [0.29, 0.717) is 22.5 Å². The van der Waals surface area contributed by atoms with E-state index in [-0.39, 0.29) is 35.5 Å². The number of nitrogens with zero attached hydrogens (tertiary/aromatic N) is 2. The molecule has 1 amide bonds. The van der Waals surface area contributed by atoms with Crippen LogP contribution in [0.15, 0.2) is 53.4 Å². The second-order valence-electron chi connectivity index (χ2n) is 7.51. The van der Waals surface area contributed by atoms with Gasteiger partial charge in [-0.1, -0.05) is 38.1 Å². The number of aromatic nitrogens is 2.